The first-order valence-corrected chi connectivity index (χ1v) is 4.39. The summed E-state index contributed by atoms with van der Waals surface area (Å²) in [6.45, 7) is 5.39. The van der Waals surface area contributed by atoms with Crippen molar-refractivity contribution in [3.63, 3.8) is 0 Å². The summed E-state index contributed by atoms with van der Waals surface area (Å²) < 4.78 is 30.4. The Balaban J connectivity index is 2.40. The molecule has 0 atom stereocenters. The van der Waals surface area contributed by atoms with Crippen LogP contribution in [0.2, 0.25) is 0 Å². The molecule has 14 heavy (non-hydrogen) atoms. The normalized spacial score (nSPS) is 17.8. The summed E-state index contributed by atoms with van der Waals surface area (Å²) in [7, 11) is 0. The Labute approximate surface area is 81.3 Å². The Morgan fingerprint density at radius 1 is 1.64 bits per heavy atom. The molecule has 0 saturated carbocycles. The molecule has 1 aliphatic rings. The lowest BCUT2D eigenvalue weighted by atomic mass is 10.1. The van der Waals surface area contributed by atoms with Crippen LogP contribution in [0.5, 0.6) is 0 Å². The molecule has 1 aliphatic heterocycles. The number of esters is 1. The maximum atomic E-state index is 13.1. The van der Waals surface area contributed by atoms with Gasteiger partial charge in [0.2, 0.25) is 0 Å². The summed E-state index contributed by atoms with van der Waals surface area (Å²) in [5, 5.41) is 0. The second-order valence-electron chi connectivity index (χ2n) is 3.32. The fraction of sp³-hybridized carbons (Fsp3) is 0.667. The van der Waals surface area contributed by atoms with Crippen LogP contribution in [0.15, 0.2) is 12.2 Å². The Morgan fingerprint density at radius 2 is 2.21 bits per heavy atom. The van der Waals surface area contributed by atoms with Gasteiger partial charge in [-0.25, -0.2) is 4.79 Å². The number of likely N-dealkylation sites (tertiary alicyclic amines) is 1. The van der Waals surface area contributed by atoms with Gasteiger partial charge in [-0.3, -0.25) is 4.90 Å². The highest BCUT2D eigenvalue weighted by atomic mass is 19.3. The zero-order valence-corrected chi connectivity index (χ0v) is 8.06. The van der Waals surface area contributed by atoms with E-state index >= 15 is 0 Å². The Kier molecular flexibility index (Phi) is 3.21. The first kappa shape index (κ1) is 11.1. The van der Waals surface area contributed by atoms with E-state index in [2.05, 4.69) is 11.3 Å². The molecule has 0 radical (unpaired) electrons. The van der Waals surface area contributed by atoms with Crippen LogP contribution in [-0.4, -0.2) is 43.0 Å². The minimum absolute atomic E-state index is 0.0267. The molecule has 80 valence electrons. The fourth-order valence-electron chi connectivity index (χ4n) is 1.28. The summed E-state index contributed by atoms with van der Waals surface area (Å²) in [6.07, 6.45) is 0. The molecule has 1 rings (SSSR count). The molecule has 0 aromatic heterocycles. The maximum absolute atomic E-state index is 13.1. The smallest absolute Gasteiger partial charge is 0.378 e. The third-order valence-electron chi connectivity index (χ3n) is 1.89. The molecule has 1 fully saturated rings. The molecule has 0 bridgehead atoms. The molecule has 0 aromatic carbocycles. The molecule has 0 spiro atoms. The van der Waals surface area contributed by atoms with E-state index in [1.54, 1.807) is 0 Å². The van der Waals surface area contributed by atoms with Gasteiger partial charge >= 0.3 is 11.9 Å². The SMILES string of the molecule is C=C1CN(CC(F)(F)C(=O)OCC)C1. The lowest BCUT2D eigenvalue weighted by molar-refractivity contribution is -0.174. The molecule has 3 nitrogen and oxygen atoms in total. The number of rotatable bonds is 4. The van der Waals surface area contributed by atoms with Crippen LogP contribution in [0.4, 0.5) is 8.78 Å². The molecule has 0 aromatic rings. The summed E-state index contributed by atoms with van der Waals surface area (Å²) in [4.78, 5) is 12.3. The summed E-state index contributed by atoms with van der Waals surface area (Å²) in [6, 6.07) is 0. The maximum Gasteiger partial charge on any atom is 0.378 e. The van der Waals surface area contributed by atoms with E-state index in [1.165, 1.54) is 11.8 Å². The van der Waals surface area contributed by atoms with Gasteiger partial charge in [-0.2, -0.15) is 8.78 Å². The number of carbonyl (C=O) groups is 1. The van der Waals surface area contributed by atoms with Gasteiger partial charge in [0, 0.05) is 13.1 Å². The zero-order valence-electron chi connectivity index (χ0n) is 8.06. The van der Waals surface area contributed by atoms with E-state index in [-0.39, 0.29) is 6.61 Å². The monoisotopic (exact) mass is 205 g/mol. The third kappa shape index (κ3) is 2.51. The van der Waals surface area contributed by atoms with Crippen LogP contribution in [-0.2, 0) is 9.53 Å². The second kappa shape index (κ2) is 4.04. The van der Waals surface area contributed by atoms with Crippen LogP contribution < -0.4 is 0 Å². The standard InChI is InChI=1S/C9H13F2NO2/c1-3-14-8(13)9(10,11)6-12-4-7(2)5-12/h2-6H2,1H3. The van der Waals surface area contributed by atoms with Crippen molar-refractivity contribution in [1.29, 1.82) is 0 Å². The average Bonchev–Trinajstić information content (AvgIpc) is 2.01. The highest BCUT2D eigenvalue weighted by molar-refractivity contribution is 5.77. The Morgan fingerprint density at radius 3 is 2.64 bits per heavy atom. The van der Waals surface area contributed by atoms with Gasteiger partial charge in [-0.15, -0.1) is 0 Å². The minimum Gasteiger partial charge on any atom is -0.462 e. The highest BCUT2D eigenvalue weighted by Gasteiger charge is 2.43. The van der Waals surface area contributed by atoms with E-state index < -0.39 is 18.4 Å². The van der Waals surface area contributed by atoms with Crippen molar-refractivity contribution in [3.8, 4) is 0 Å². The van der Waals surface area contributed by atoms with Gasteiger partial charge in [0.1, 0.15) is 0 Å². The predicted octanol–water partition coefficient (Wildman–Crippen LogP) is 1.06. The summed E-state index contributed by atoms with van der Waals surface area (Å²) in [5.41, 5.74) is 0.907. The molecule has 0 aliphatic carbocycles. The zero-order chi connectivity index (χ0) is 10.8. The van der Waals surface area contributed by atoms with Gasteiger partial charge in [0.05, 0.1) is 13.2 Å². The van der Waals surface area contributed by atoms with Crippen molar-refractivity contribution in [2.24, 2.45) is 0 Å². The highest BCUT2D eigenvalue weighted by Crippen LogP contribution is 2.22. The third-order valence-corrected chi connectivity index (χ3v) is 1.89. The van der Waals surface area contributed by atoms with Crippen molar-refractivity contribution >= 4 is 5.97 Å². The summed E-state index contributed by atoms with van der Waals surface area (Å²) >= 11 is 0. The lowest BCUT2D eigenvalue weighted by Crippen LogP contribution is -2.49. The van der Waals surface area contributed by atoms with Crippen LogP contribution in [0.3, 0.4) is 0 Å². The summed E-state index contributed by atoms with van der Waals surface area (Å²) in [5.74, 6) is -4.85. The second-order valence-corrected chi connectivity index (χ2v) is 3.32. The Hall–Kier alpha value is -0.970. The van der Waals surface area contributed by atoms with Crippen molar-refractivity contribution in [2.45, 2.75) is 12.8 Å². The van der Waals surface area contributed by atoms with Crippen molar-refractivity contribution < 1.29 is 18.3 Å². The molecule has 0 N–H and O–H groups in total. The van der Waals surface area contributed by atoms with Crippen LogP contribution >= 0.6 is 0 Å². The van der Waals surface area contributed by atoms with E-state index in [4.69, 9.17) is 0 Å². The molecular weight excluding hydrogens is 192 g/mol. The minimum atomic E-state index is -3.41. The van der Waals surface area contributed by atoms with Crippen molar-refractivity contribution in [2.75, 3.05) is 26.2 Å². The topological polar surface area (TPSA) is 29.5 Å². The number of ether oxygens (including phenoxy) is 1. The van der Waals surface area contributed by atoms with Gasteiger partial charge < -0.3 is 4.74 Å². The van der Waals surface area contributed by atoms with E-state index in [9.17, 15) is 13.6 Å². The number of halogens is 2. The first-order valence-electron chi connectivity index (χ1n) is 4.39. The number of hydrogen-bond acceptors (Lipinski definition) is 3. The lowest BCUT2D eigenvalue weighted by Gasteiger charge is -2.34. The van der Waals surface area contributed by atoms with Gasteiger partial charge in [0.15, 0.2) is 0 Å². The number of carbonyl (C=O) groups excluding carboxylic acids is 1. The predicted molar refractivity (Wildman–Crippen MR) is 47.2 cm³/mol. The van der Waals surface area contributed by atoms with E-state index in [1.807, 2.05) is 0 Å². The molecule has 1 heterocycles. The van der Waals surface area contributed by atoms with Crippen LogP contribution in [0, 0.1) is 0 Å². The van der Waals surface area contributed by atoms with Gasteiger partial charge in [0.25, 0.3) is 0 Å². The number of alkyl halides is 2. The van der Waals surface area contributed by atoms with Gasteiger partial charge in [-0.05, 0) is 12.5 Å². The van der Waals surface area contributed by atoms with Crippen LogP contribution in [0.25, 0.3) is 0 Å². The van der Waals surface area contributed by atoms with Crippen LogP contribution in [0.1, 0.15) is 6.92 Å². The van der Waals surface area contributed by atoms with E-state index in [0.717, 1.165) is 5.57 Å². The van der Waals surface area contributed by atoms with Crippen molar-refractivity contribution in [3.05, 3.63) is 12.2 Å². The fourth-order valence-corrected chi connectivity index (χ4v) is 1.28. The Bertz CT molecular complexity index is 245. The number of nitrogens with zero attached hydrogens (tertiary/aromatic N) is 1. The molecule has 1 saturated heterocycles. The quantitative estimate of drug-likeness (QED) is 0.507. The average molecular weight is 205 g/mol. The molecule has 0 amide bonds. The van der Waals surface area contributed by atoms with E-state index in [0.29, 0.717) is 13.1 Å². The van der Waals surface area contributed by atoms with Gasteiger partial charge in [-0.1, -0.05) is 6.58 Å². The largest absolute Gasteiger partial charge is 0.462 e. The first-order chi connectivity index (χ1) is 6.45. The molecular formula is C9H13F2NO2. The molecule has 5 heteroatoms. The van der Waals surface area contributed by atoms with Crippen molar-refractivity contribution in [1.82, 2.24) is 4.90 Å². The molecule has 0 unspecified atom stereocenters. The number of hydrogen-bond donors (Lipinski definition) is 0.